The molecule has 7 N–H and O–H groups in total. The van der Waals surface area contributed by atoms with Crippen molar-refractivity contribution in [2.75, 3.05) is 6.61 Å². The summed E-state index contributed by atoms with van der Waals surface area (Å²) in [5.41, 5.74) is 5.73. The average molecular weight is 309 g/mol. The maximum Gasteiger partial charge on any atom is 0.364 e. The third-order valence-electron chi connectivity index (χ3n) is 3.19. The van der Waals surface area contributed by atoms with Crippen LogP contribution >= 0.6 is 0 Å². The molecule has 0 aromatic heterocycles. The molecule has 6 atom stereocenters. The van der Waals surface area contributed by atoms with Crippen LogP contribution in [0.3, 0.4) is 0 Å². The fourth-order valence-corrected chi connectivity index (χ4v) is 2.07. The van der Waals surface area contributed by atoms with Crippen LogP contribution in [0.1, 0.15) is 13.3 Å². The first kappa shape index (κ1) is 17.8. The van der Waals surface area contributed by atoms with Gasteiger partial charge in [0.15, 0.2) is 0 Å². The lowest BCUT2D eigenvalue weighted by Crippen LogP contribution is -2.66. The molecule has 1 aliphatic heterocycles. The lowest BCUT2D eigenvalue weighted by Gasteiger charge is -2.44. The molecule has 1 saturated heterocycles. The number of carbonyl (C=O) groups is 2. The maximum atomic E-state index is 11.1. The summed E-state index contributed by atoms with van der Waals surface area (Å²) in [5.74, 6) is -5.26. The highest BCUT2D eigenvalue weighted by Gasteiger charge is 2.54. The van der Waals surface area contributed by atoms with E-state index in [1.54, 1.807) is 0 Å². The summed E-state index contributed by atoms with van der Waals surface area (Å²) in [4.78, 5) is 22.1. The summed E-state index contributed by atoms with van der Waals surface area (Å²) in [5, 5.41) is 46.9. The van der Waals surface area contributed by atoms with Crippen LogP contribution in [0.15, 0.2) is 0 Å². The molecule has 0 aromatic carbocycles. The topological polar surface area (TPSA) is 180 Å². The van der Waals surface area contributed by atoms with E-state index in [9.17, 15) is 24.9 Å². The van der Waals surface area contributed by atoms with Gasteiger partial charge in [0.1, 0.15) is 24.4 Å². The van der Waals surface area contributed by atoms with E-state index in [1.165, 1.54) is 0 Å². The number of hydrogen-bond donors (Lipinski definition) is 6. The second-order valence-electron chi connectivity index (χ2n) is 4.84. The van der Waals surface area contributed by atoms with Crippen LogP contribution in [0.5, 0.6) is 0 Å². The van der Waals surface area contributed by atoms with E-state index < -0.39 is 61.2 Å². The number of nitrogens with two attached hydrogens (primary N) is 1. The van der Waals surface area contributed by atoms with Crippen molar-refractivity contribution in [3.05, 3.63) is 0 Å². The second kappa shape index (κ2) is 6.64. The molecule has 0 spiro atoms. The normalized spacial score (nSPS) is 35.8. The first-order valence-corrected chi connectivity index (χ1v) is 6.15. The van der Waals surface area contributed by atoms with Gasteiger partial charge in [-0.3, -0.25) is 4.79 Å². The molecule has 1 fully saturated rings. The van der Waals surface area contributed by atoms with E-state index in [4.69, 9.17) is 25.4 Å². The lowest BCUT2D eigenvalue weighted by atomic mass is 9.89. The Morgan fingerprint density at radius 3 is 2.48 bits per heavy atom. The van der Waals surface area contributed by atoms with Crippen molar-refractivity contribution in [1.29, 1.82) is 0 Å². The molecule has 1 rings (SSSR count). The van der Waals surface area contributed by atoms with Gasteiger partial charge in [0.2, 0.25) is 0 Å². The molecule has 10 heteroatoms. The number of hydrogen-bond acceptors (Lipinski definition) is 9. The molecule has 122 valence electrons. The predicted octanol–water partition coefficient (Wildman–Crippen LogP) is -3.48. The Balaban J connectivity index is 3.05. The zero-order valence-corrected chi connectivity index (χ0v) is 11.2. The minimum Gasteiger partial charge on any atom is -0.477 e. The van der Waals surface area contributed by atoms with Crippen LogP contribution in [0.4, 0.5) is 0 Å². The van der Waals surface area contributed by atoms with Crippen molar-refractivity contribution < 1.29 is 44.6 Å². The third kappa shape index (κ3) is 3.87. The molecule has 21 heavy (non-hydrogen) atoms. The van der Waals surface area contributed by atoms with Crippen LogP contribution in [-0.2, 0) is 19.1 Å². The molecule has 0 bridgehead atoms. The molecule has 1 aliphatic rings. The van der Waals surface area contributed by atoms with Gasteiger partial charge in [0.05, 0.1) is 19.1 Å². The van der Waals surface area contributed by atoms with Crippen LogP contribution in [-0.4, -0.2) is 80.3 Å². The van der Waals surface area contributed by atoms with Gasteiger partial charge in [-0.25, -0.2) is 4.79 Å². The SMILES string of the molecule is CC(=O)O[C@H]1C[C@@](O)(C(=O)O)O[C@@H]([C@H](O)[C@H](O)CO)[C@@H]1N. The smallest absolute Gasteiger partial charge is 0.364 e. The Bertz CT molecular complexity index is 403. The Labute approximate surface area is 119 Å². The van der Waals surface area contributed by atoms with Crippen LogP contribution in [0.2, 0.25) is 0 Å². The molecule has 0 saturated carbocycles. The highest BCUT2D eigenvalue weighted by Crippen LogP contribution is 2.31. The number of aliphatic hydroxyl groups excluding tert-OH is 3. The van der Waals surface area contributed by atoms with Gasteiger partial charge in [0, 0.05) is 6.92 Å². The number of aliphatic carboxylic acids is 1. The van der Waals surface area contributed by atoms with Gasteiger partial charge in [-0.2, -0.15) is 0 Å². The quantitative estimate of drug-likeness (QED) is 0.279. The fourth-order valence-electron chi connectivity index (χ4n) is 2.07. The van der Waals surface area contributed by atoms with Gasteiger partial charge >= 0.3 is 11.9 Å². The molecule has 1 heterocycles. The number of carboxylic acids is 1. The number of carboxylic acid groups (broad SMARTS) is 1. The fraction of sp³-hybridized carbons (Fsp3) is 0.818. The lowest BCUT2D eigenvalue weighted by molar-refractivity contribution is -0.294. The van der Waals surface area contributed by atoms with Crippen LogP contribution in [0, 0.1) is 0 Å². The monoisotopic (exact) mass is 309 g/mol. The number of aliphatic hydroxyl groups is 4. The molecular weight excluding hydrogens is 290 g/mol. The summed E-state index contributed by atoms with van der Waals surface area (Å²) in [6, 6.07) is -1.20. The van der Waals surface area contributed by atoms with E-state index in [1.807, 2.05) is 0 Å². The molecule has 10 nitrogen and oxygen atoms in total. The largest absolute Gasteiger partial charge is 0.477 e. The Kier molecular flexibility index (Phi) is 5.61. The van der Waals surface area contributed by atoms with Gasteiger partial charge < -0.3 is 40.7 Å². The van der Waals surface area contributed by atoms with Crippen LogP contribution in [0.25, 0.3) is 0 Å². The highest BCUT2D eigenvalue weighted by atomic mass is 16.7. The van der Waals surface area contributed by atoms with E-state index in [-0.39, 0.29) is 0 Å². The van der Waals surface area contributed by atoms with Gasteiger partial charge in [0.25, 0.3) is 5.79 Å². The van der Waals surface area contributed by atoms with Crippen molar-refractivity contribution >= 4 is 11.9 Å². The predicted molar refractivity (Wildman–Crippen MR) is 64.7 cm³/mol. The molecule has 0 unspecified atom stereocenters. The van der Waals surface area contributed by atoms with E-state index in [2.05, 4.69) is 0 Å². The first-order chi connectivity index (χ1) is 9.62. The van der Waals surface area contributed by atoms with E-state index in [0.717, 1.165) is 6.92 Å². The zero-order chi connectivity index (χ0) is 16.4. The third-order valence-corrected chi connectivity index (χ3v) is 3.19. The van der Waals surface area contributed by atoms with E-state index >= 15 is 0 Å². The maximum absolute atomic E-state index is 11.1. The van der Waals surface area contributed by atoms with Crippen molar-refractivity contribution in [2.24, 2.45) is 5.73 Å². The summed E-state index contributed by atoms with van der Waals surface area (Å²) in [6.07, 6.45) is -6.90. The van der Waals surface area contributed by atoms with Crippen molar-refractivity contribution in [3.63, 3.8) is 0 Å². The molecule has 0 aliphatic carbocycles. The Morgan fingerprint density at radius 1 is 1.48 bits per heavy atom. The van der Waals surface area contributed by atoms with Gasteiger partial charge in [-0.15, -0.1) is 0 Å². The van der Waals surface area contributed by atoms with Gasteiger partial charge in [-0.05, 0) is 0 Å². The number of ether oxygens (including phenoxy) is 2. The summed E-state index contributed by atoms with van der Waals surface area (Å²) in [6.45, 7) is 0.230. The molecular formula is C11H19NO9. The van der Waals surface area contributed by atoms with Crippen molar-refractivity contribution in [3.8, 4) is 0 Å². The summed E-state index contributed by atoms with van der Waals surface area (Å²) >= 11 is 0. The standard InChI is InChI=1S/C11H19NO9/c1-4(14)20-6-2-11(19,10(17)18)21-9(7(6)12)8(16)5(15)3-13/h5-9,13,15-16,19H,2-3,12H2,1H3,(H,17,18)/t5-,6+,7-,8-,9-,11+/m1/s1. The van der Waals surface area contributed by atoms with Crippen molar-refractivity contribution in [1.82, 2.24) is 0 Å². The molecule has 0 radical (unpaired) electrons. The summed E-state index contributed by atoms with van der Waals surface area (Å²) in [7, 11) is 0. The minimum atomic E-state index is -2.74. The zero-order valence-electron chi connectivity index (χ0n) is 11.2. The highest BCUT2D eigenvalue weighted by molar-refractivity contribution is 5.75. The number of esters is 1. The number of carbonyl (C=O) groups excluding carboxylic acids is 1. The summed E-state index contributed by atoms with van der Waals surface area (Å²) < 4.78 is 9.68. The molecule has 0 amide bonds. The number of rotatable bonds is 5. The van der Waals surface area contributed by atoms with Crippen LogP contribution < -0.4 is 5.73 Å². The minimum absolute atomic E-state index is 0.637. The van der Waals surface area contributed by atoms with Crippen molar-refractivity contribution in [2.45, 2.75) is 49.6 Å². The second-order valence-corrected chi connectivity index (χ2v) is 4.84. The Morgan fingerprint density at radius 2 is 2.05 bits per heavy atom. The first-order valence-electron chi connectivity index (χ1n) is 6.15. The average Bonchev–Trinajstić information content (AvgIpc) is 2.40. The Hall–Kier alpha value is -1.30. The molecule has 0 aromatic rings. The van der Waals surface area contributed by atoms with Gasteiger partial charge in [-0.1, -0.05) is 0 Å². The van der Waals surface area contributed by atoms with E-state index in [0.29, 0.717) is 0 Å².